The molecule has 1 aromatic carbocycles. The second kappa shape index (κ2) is 3.25. The van der Waals surface area contributed by atoms with Crippen molar-refractivity contribution in [1.82, 2.24) is 0 Å². The van der Waals surface area contributed by atoms with Crippen LogP contribution < -0.4 is 0 Å². The smallest absolute Gasteiger partial charge is 0.208 e. The number of hydrogen-bond donors (Lipinski definition) is 0. The summed E-state index contributed by atoms with van der Waals surface area (Å²) in [6.07, 6.45) is 0. The van der Waals surface area contributed by atoms with Gasteiger partial charge >= 0.3 is 0 Å². The normalized spacial score (nSPS) is 10.7. The predicted octanol–water partition coefficient (Wildman–Crippen LogP) is 1.70. The van der Waals surface area contributed by atoms with Gasteiger partial charge in [-0.2, -0.15) is 5.26 Å². The summed E-state index contributed by atoms with van der Waals surface area (Å²) >= 11 is 3.16. The first-order chi connectivity index (χ1) is 5.56. The van der Waals surface area contributed by atoms with E-state index < -0.39 is 9.84 Å². The Labute approximate surface area is 78.7 Å². The fraction of sp³-hybridized carbons (Fsp3) is 0. The van der Waals surface area contributed by atoms with Gasteiger partial charge in [-0.25, -0.2) is 8.42 Å². The number of halogens is 1. The highest BCUT2D eigenvalue weighted by Crippen LogP contribution is 2.14. The number of nitriles is 1. The molecule has 12 heavy (non-hydrogen) atoms. The van der Waals surface area contributed by atoms with Gasteiger partial charge in [0.25, 0.3) is 9.84 Å². The molecule has 5 heteroatoms. The average Bonchev–Trinajstić information content (AvgIpc) is 2.05. The Bertz CT molecular complexity index is 416. The highest BCUT2D eigenvalue weighted by atomic mass is 79.9. The molecule has 1 aromatic rings. The average molecular weight is 246 g/mol. The summed E-state index contributed by atoms with van der Waals surface area (Å²) in [5.74, 6) is 0. The Morgan fingerprint density at radius 2 is 1.75 bits per heavy atom. The van der Waals surface area contributed by atoms with E-state index in [-0.39, 0.29) is 4.90 Å². The fourth-order valence-electron chi connectivity index (χ4n) is 0.666. The van der Waals surface area contributed by atoms with Crippen LogP contribution in [0.15, 0.2) is 33.6 Å². The van der Waals surface area contributed by atoms with Gasteiger partial charge in [-0.1, -0.05) is 15.9 Å². The Morgan fingerprint density at radius 1 is 1.25 bits per heavy atom. The number of sulfone groups is 1. The van der Waals surface area contributed by atoms with Crippen LogP contribution in [0.3, 0.4) is 0 Å². The summed E-state index contributed by atoms with van der Waals surface area (Å²) in [5, 5.41) is 9.50. The number of benzene rings is 1. The highest BCUT2D eigenvalue weighted by Gasteiger charge is 2.11. The van der Waals surface area contributed by atoms with Crippen molar-refractivity contribution in [2.75, 3.05) is 0 Å². The first kappa shape index (κ1) is 9.23. The minimum Gasteiger partial charge on any atom is -0.208 e. The standard InChI is InChI=1S/C7H4BrNO2S/c8-6-1-3-7(4-2-6)12(10,11)5-9/h1-4H. The molecule has 0 aromatic heterocycles. The Morgan fingerprint density at radius 3 is 2.17 bits per heavy atom. The summed E-state index contributed by atoms with van der Waals surface area (Å²) in [6.45, 7) is 0. The summed E-state index contributed by atoms with van der Waals surface area (Å²) in [6, 6.07) is 5.90. The molecule has 0 aliphatic heterocycles. The lowest BCUT2D eigenvalue weighted by molar-refractivity contribution is 0.605. The predicted molar refractivity (Wildman–Crippen MR) is 46.9 cm³/mol. The van der Waals surface area contributed by atoms with E-state index in [1.807, 2.05) is 0 Å². The van der Waals surface area contributed by atoms with Gasteiger partial charge in [0.1, 0.15) is 0 Å². The van der Waals surface area contributed by atoms with Crippen molar-refractivity contribution in [3.8, 4) is 5.40 Å². The topological polar surface area (TPSA) is 57.9 Å². The van der Waals surface area contributed by atoms with E-state index in [2.05, 4.69) is 15.9 Å². The zero-order chi connectivity index (χ0) is 9.19. The van der Waals surface area contributed by atoms with Crippen molar-refractivity contribution in [2.24, 2.45) is 0 Å². The first-order valence-corrected chi connectivity index (χ1v) is 5.25. The van der Waals surface area contributed by atoms with Crippen LogP contribution in [0.4, 0.5) is 0 Å². The molecule has 0 bridgehead atoms. The molecule has 0 fully saturated rings. The highest BCUT2D eigenvalue weighted by molar-refractivity contribution is 9.10. The Hall–Kier alpha value is -0.860. The summed E-state index contributed by atoms with van der Waals surface area (Å²) in [7, 11) is -3.73. The maximum Gasteiger partial charge on any atom is 0.269 e. The summed E-state index contributed by atoms with van der Waals surface area (Å²) < 4.78 is 22.6. The zero-order valence-electron chi connectivity index (χ0n) is 5.86. The van der Waals surface area contributed by atoms with E-state index in [4.69, 9.17) is 5.26 Å². The van der Waals surface area contributed by atoms with E-state index in [9.17, 15) is 8.42 Å². The van der Waals surface area contributed by atoms with Crippen molar-refractivity contribution in [1.29, 1.82) is 5.26 Å². The second-order valence-corrected chi connectivity index (χ2v) is 4.63. The number of nitrogens with zero attached hydrogens (tertiary/aromatic N) is 1. The first-order valence-electron chi connectivity index (χ1n) is 2.98. The van der Waals surface area contributed by atoms with Crippen LogP contribution in [0.2, 0.25) is 0 Å². The van der Waals surface area contributed by atoms with Crippen LogP contribution in [0.5, 0.6) is 0 Å². The van der Waals surface area contributed by atoms with E-state index >= 15 is 0 Å². The molecule has 62 valence electrons. The molecule has 0 amide bonds. The third-order valence-corrected chi connectivity index (χ3v) is 2.91. The Kier molecular flexibility index (Phi) is 2.50. The molecule has 0 N–H and O–H groups in total. The SMILES string of the molecule is N#CS(=O)(=O)c1ccc(Br)cc1. The third-order valence-electron chi connectivity index (χ3n) is 1.24. The van der Waals surface area contributed by atoms with Gasteiger partial charge in [0, 0.05) is 4.47 Å². The van der Waals surface area contributed by atoms with Gasteiger partial charge in [0.05, 0.1) is 4.90 Å². The van der Waals surface area contributed by atoms with Gasteiger partial charge in [0.15, 0.2) is 5.40 Å². The van der Waals surface area contributed by atoms with Crippen LogP contribution in [0, 0.1) is 10.7 Å². The molecule has 3 nitrogen and oxygen atoms in total. The van der Waals surface area contributed by atoms with Gasteiger partial charge in [-0.15, -0.1) is 0 Å². The molecular formula is C7H4BrNO2S. The second-order valence-electron chi connectivity index (χ2n) is 2.05. The molecule has 0 saturated heterocycles. The maximum absolute atomic E-state index is 10.9. The Balaban J connectivity index is 3.26. The van der Waals surface area contributed by atoms with Crippen LogP contribution in [-0.2, 0) is 9.84 Å². The monoisotopic (exact) mass is 245 g/mol. The molecule has 0 radical (unpaired) electrons. The van der Waals surface area contributed by atoms with Crippen molar-refractivity contribution < 1.29 is 8.42 Å². The maximum atomic E-state index is 10.9. The van der Waals surface area contributed by atoms with Crippen molar-refractivity contribution in [2.45, 2.75) is 4.90 Å². The zero-order valence-corrected chi connectivity index (χ0v) is 8.26. The summed E-state index contributed by atoms with van der Waals surface area (Å²) in [4.78, 5) is 0.0215. The van der Waals surface area contributed by atoms with Crippen LogP contribution in [-0.4, -0.2) is 8.42 Å². The lowest BCUT2D eigenvalue weighted by Crippen LogP contribution is -1.95. The van der Waals surface area contributed by atoms with E-state index in [0.717, 1.165) is 4.47 Å². The molecule has 0 saturated carbocycles. The lowest BCUT2D eigenvalue weighted by Gasteiger charge is -1.93. The molecule has 0 atom stereocenters. The molecule has 1 rings (SSSR count). The molecule has 0 unspecified atom stereocenters. The van der Waals surface area contributed by atoms with Gasteiger partial charge in [-0.05, 0) is 24.3 Å². The summed E-state index contributed by atoms with van der Waals surface area (Å²) in [5.41, 5.74) is 0. The quantitative estimate of drug-likeness (QED) is 0.559. The van der Waals surface area contributed by atoms with Gasteiger partial charge < -0.3 is 0 Å². The van der Waals surface area contributed by atoms with E-state index in [0.29, 0.717) is 0 Å². The number of rotatable bonds is 1. The minimum atomic E-state index is -3.73. The largest absolute Gasteiger partial charge is 0.269 e. The molecular weight excluding hydrogens is 242 g/mol. The molecule has 0 aliphatic carbocycles. The van der Waals surface area contributed by atoms with Crippen LogP contribution >= 0.6 is 15.9 Å². The van der Waals surface area contributed by atoms with E-state index in [1.54, 1.807) is 12.1 Å². The van der Waals surface area contributed by atoms with Crippen molar-refractivity contribution in [3.05, 3.63) is 28.7 Å². The van der Waals surface area contributed by atoms with Crippen LogP contribution in [0.25, 0.3) is 0 Å². The van der Waals surface area contributed by atoms with E-state index in [1.165, 1.54) is 17.5 Å². The molecule has 0 spiro atoms. The number of thiocyanates is 1. The fourth-order valence-corrected chi connectivity index (χ4v) is 1.53. The van der Waals surface area contributed by atoms with Crippen molar-refractivity contribution >= 4 is 25.8 Å². The van der Waals surface area contributed by atoms with Gasteiger partial charge in [-0.3, -0.25) is 0 Å². The third kappa shape index (κ3) is 1.84. The van der Waals surface area contributed by atoms with Crippen molar-refractivity contribution in [3.63, 3.8) is 0 Å². The molecule has 0 heterocycles. The van der Waals surface area contributed by atoms with Gasteiger partial charge in [0.2, 0.25) is 0 Å². The van der Waals surface area contributed by atoms with Crippen LogP contribution in [0.1, 0.15) is 0 Å². The lowest BCUT2D eigenvalue weighted by atomic mass is 10.4. The molecule has 0 aliphatic rings. The number of hydrogen-bond acceptors (Lipinski definition) is 3. The minimum absolute atomic E-state index is 0.0215.